The van der Waals surface area contributed by atoms with E-state index in [2.05, 4.69) is 22.4 Å². The fourth-order valence-corrected chi connectivity index (χ4v) is 0.258. The van der Waals surface area contributed by atoms with E-state index < -0.39 is 0 Å². The molecule has 0 atom stereocenters. The van der Waals surface area contributed by atoms with E-state index >= 15 is 0 Å². The first kappa shape index (κ1) is 3.23. The fraction of sp³-hybridized carbons (Fsp3) is 0.250. The Hall–Kier alpha value is -0.970. The summed E-state index contributed by atoms with van der Waals surface area (Å²) in [6.45, 7) is 1.85. The second-order valence-corrected chi connectivity index (χ2v) is 1.06. The average Bonchev–Trinajstić information content (AvgIpc) is 1.86. The van der Waals surface area contributed by atoms with Crippen LogP contribution in [-0.4, -0.2) is 9.97 Å². The molecule has 0 aromatic carbocycles. The lowest BCUT2D eigenvalue weighted by molar-refractivity contribution is 1.13. The quantitative estimate of drug-likeness (QED) is 0.477. The van der Waals surface area contributed by atoms with Gasteiger partial charge in [0.25, 0.3) is 0 Å². The van der Waals surface area contributed by atoms with Gasteiger partial charge < -0.3 is 4.98 Å². The number of nitrogens with zero attached hydrogens (tertiary/aromatic N) is 1. The molecule has 1 N–H and O–H groups in total. The number of aromatic nitrogens is 2. The van der Waals surface area contributed by atoms with Crippen LogP contribution in [0.1, 0.15) is 5.82 Å². The van der Waals surface area contributed by atoms with Gasteiger partial charge in [-0.25, -0.2) is 0 Å². The minimum atomic E-state index is 0.856. The van der Waals surface area contributed by atoms with Crippen molar-refractivity contribution in [3.63, 3.8) is 0 Å². The van der Waals surface area contributed by atoms with Crippen LogP contribution in [0.15, 0.2) is 0 Å². The average molecular weight is 80.1 g/mol. The second kappa shape index (κ2) is 1.02. The molecule has 2 nitrogen and oxygen atoms in total. The Morgan fingerprint density at radius 1 is 1.83 bits per heavy atom. The standard InChI is InChI=1S/C4H4N2/c1-4-5-2-3-6-4/h1H3,(H,5,6). The number of H-pyrrole nitrogens is 1. The Balaban J connectivity index is 3.05. The molecule has 0 radical (unpaired) electrons. The maximum atomic E-state index is 3.68. The normalized spacial score (nSPS) is 7.50. The van der Waals surface area contributed by atoms with Crippen LogP contribution in [0.3, 0.4) is 0 Å². The van der Waals surface area contributed by atoms with Crippen molar-refractivity contribution in [2.45, 2.75) is 6.92 Å². The maximum Gasteiger partial charge on any atom is 0.121 e. The van der Waals surface area contributed by atoms with Crippen molar-refractivity contribution < 1.29 is 0 Å². The molecular formula is C4H4N2. The van der Waals surface area contributed by atoms with E-state index in [1.54, 1.807) is 0 Å². The van der Waals surface area contributed by atoms with Crippen LogP contribution < -0.4 is 0 Å². The Morgan fingerprint density at radius 3 is 2.83 bits per heavy atom. The van der Waals surface area contributed by atoms with Gasteiger partial charge in [-0.1, -0.05) is 0 Å². The summed E-state index contributed by atoms with van der Waals surface area (Å²) in [4.78, 5) is 6.39. The van der Waals surface area contributed by atoms with Crippen molar-refractivity contribution in [2.24, 2.45) is 0 Å². The minimum absolute atomic E-state index is 0.856. The first-order valence-electron chi connectivity index (χ1n) is 1.70. The highest BCUT2D eigenvalue weighted by molar-refractivity contribution is 4.71. The van der Waals surface area contributed by atoms with Crippen LogP contribution in [-0.2, 0) is 0 Å². The predicted molar refractivity (Wildman–Crippen MR) is 21.0 cm³/mol. The maximum absolute atomic E-state index is 3.68. The molecule has 1 rings (SSSR count). The van der Waals surface area contributed by atoms with Crippen molar-refractivity contribution in [1.29, 1.82) is 0 Å². The van der Waals surface area contributed by atoms with Crippen LogP contribution in [0, 0.1) is 19.3 Å². The Labute approximate surface area is 36.2 Å². The summed E-state index contributed by atoms with van der Waals surface area (Å²) in [6.07, 6.45) is 5.07. The molecule has 30 valence electrons. The summed E-state index contributed by atoms with van der Waals surface area (Å²) >= 11 is 0. The Bertz CT molecular complexity index is 109. The molecule has 2 heteroatoms. The van der Waals surface area contributed by atoms with Crippen molar-refractivity contribution in [2.75, 3.05) is 0 Å². The first-order chi connectivity index (χ1) is 2.89. The van der Waals surface area contributed by atoms with Crippen LogP contribution in [0.5, 0.6) is 0 Å². The van der Waals surface area contributed by atoms with Gasteiger partial charge in [-0.3, -0.25) is 0 Å². The zero-order chi connectivity index (χ0) is 4.41. The zero-order valence-electron chi connectivity index (χ0n) is 3.45. The summed E-state index contributed by atoms with van der Waals surface area (Å²) in [5, 5.41) is 0. The number of aromatic amines is 1. The topological polar surface area (TPSA) is 28.7 Å². The predicted octanol–water partition coefficient (Wildman–Crippen LogP) is 0.318. The van der Waals surface area contributed by atoms with Gasteiger partial charge in [0.05, 0.1) is 6.20 Å². The van der Waals surface area contributed by atoms with Crippen molar-refractivity contribution in [3.8, 4) is 0 Å². The van der Waals surface area contributed by atoms with Gasteiger partial charge in [0.2, 0.25) is 0 Å². The molecule has 0 saturated carbocycles. The summed E-state index contributed by atoms with van der Waals surface area (Å²) in [5.41, 5.74) is 0. The van der Waals surface area contributed by atoms with Gasteiger partial charge in [-0.15, -0.1) is 0 Å². The van der Waals surface area contributed by atoms with Crippen molar-refractivity contribution in [3.05, 3.63) is 18.2 Å². The third kappa shape index (κ3) is 0.343. The molecule has 0 aliphatic heterocycles. The highest BCUT2D eigenvalue weighted by Crippen LogP contribution is 1.71. The zero-order valence-corrected chi connectivity index (χ0v) is 3.45. The molecule has 0 amide bonds. The highest BCUT2D eigenvalue weighted by Gasteiger charge is 1.71. The van der Waals surface area contributed by atoms with E-state index in [1.807, 2.05) is 6.92 Å². The van der Waals surface area contributed by atoms with E-state index in [0.717, 1.165) is 5.82 Å². The summed E-state index contributed by atoms with van der Waals surface area (Å²) in [5.74, 6) is 0.856. The molecule has 6 heavy (non-hydrogen) atoms. The highest BCUT2D eigenvalue weighted by atomic mass is 14.8. The number of rotatable bonds is 0. The van der Waals surface area contributed by atoms with Crippen LogP contribution in [0.2, 0.25) is 0 Å². The molecular weight excluding hydrogens is 76.1 g/mol. The van der Waals surface area contributed by atoms with Gasteiger partial charge >= 0.3 is 0 Å². The fourth-order valence-electron chi connectivity index (χ4n) is 0.258. The van der Waals surface area contributed by atoms with Gasteiger partial charge in [0, 0.05) is 6.20 Å². The third-order valence-electron chi connectivity index (χ3n) is 0.523. The first-order valence-corrected chi connectivity index (χ1v) is 1.70. The monoisotopic (exact) mass is 80.0 g/mol. The van der Waals surface area contributed by atoms with Gasteiger partial charge in [-0.2, -0.15) is 4.98 Å². The molecule has 1 aromatic rings. The molecule has 0 unspecified atom stereocenters. The molecule has 0 spiro atoms. The Kier molecular flexibility index (Phi) is 0.548. The lowest BCUT2D eigenvalue weighted by Gasteiger charge is -1.66. The lowest BCUT2D eigenvalue weighted by Crippen LogP contribution is -1.68. The molecule has 1 aromatic heterocycles. The number of hydrogen-bond acceptors (Lipinski definition) is 1. The summed E-state index contributed by atoms with van der Waals surface area (Å²) in [6, 6.07) is 0. The van der Waals surface area contributed by atoms with E-state index in [1.165, 1.54) is 0 Å². The van der Waals surface area contributed by atoms with E-state index in [0.29, 0.717) is 0 Å². The van der Waals surface area contributed by atoms with E-state index in [4.69, 9.17) is 0 Å². The smallest absolute Gasteiger partial charge is 0.121 e. The van der Waals surface area contributed by atoms with Crippen LogP contribution in [0.25, 0.3) is 0 Å². The van der Waals surface area contributed by atoms with Gasteiger partial charge in [0.15, 0.2) is 0 Å². The van der Waals surface area contributed by atoms with E-state index in [-0.39, 0.29) is 0 Å². The van der Waals surface area contributed by atoms with E-state index in [9.17, 15) is 0 Å². The molecule has 0 aliphatic carbocycles. The molecule has 0 fully saturated rings. The summed E-state index contributed by atoms with van der Waals surface area (Å²) < 4.78 is 0. The third-order valence-corrected chi connectivity index (χ3v) is 0.523. The minimum Gasteiger partial charge on any atom is -0.301 e. The largest absolute Gasteiger partial charge is 0.301 e. The SMILES string of the molecule is Cc1nc#c[nH]1. The van der Waals surface area contributed by atoms with Gasteiger partial charge in [0.1, 0.15) is 5.82 Å². The van der Waals surface area contributed by atoms with Crippen molar-refractivity contribution >= 4 is 0 Å². The van der Waals surface area contributed by atoms with Gasteiger partial charge in [-0.05, 0) is 6.92 Å². The number of aryl methyl sites for hydroxylation is 1. The summed E-state index contributed by atoms with van der Waals surface area (Å²) in [7, 11) is 0. The Morgan fingerprint density at radius 2 is 2.67 bits per heavy atom. The molecule has 0 bridgehead atoms. The van der Waals surface area contributed by atoms with Crippen LogP contribution >= 0.6 is 0 Å². The second-order valence-electron chi connectivity index (χ2n) is 1.06. The molecule has 0 saturated heterocycles. The molecule has 1 heterocycles. The molecule has 0 aliphatic rings. The van der Waals surface area contributed by atoms with Crippen LogP contribution in [0.4, 0.5) is 0 Å². The number of hydrogen-bond donors (Lipinski definition) is 1. The number of nitrogens with one attached hydrogen (secondary N) is 1. The lowest BCUT2D eigenvalue weighted by atomic mass is 10.8. The van der Waals surface area contributed by atoms with Crippen molar-refractivity contribution in [1.82, 2.24) is 9.97 Å².